The van der Waals surface area contributed by atoms with Crippen LogP contribution in [-0.2, 0) is 4.79 Å². The Morgan fingerprint density at radius 2 is 1.96 bits per heavy atom. The molecule has 1 saturated heterocycles. The van der Waals surface area contributed by atoms with Gasteiger partial charge in [0.15, 0.2) is 0 Å². The average Bonchev–Trinajstić information content (AvgIpc) is 3.28. The molecule has 1 aliphatic heterocycles. The number of thiophene rings is 1. The van der Waals surface area contributed by atoms with Gasteiger partial charge >= 0.3 is 0 Å². The Labute approximate surface area is 141 Å². The summed E-state index contributed by atoms with van der Waals surface area (Å²) < 4.78 is 0. The van der Waals surface area contributed by atoms with Gasteiger partial charge in [0, 0.05) is 17.5 Å². The molecule has 0 saturated carbocycles. The van der Waals surface area contributed by atoms with Crippen LogP contribution in [0.15, 0.2) is 53.9 Å². The number of hydrogen-bond acceptors (Lipinski definition) is 3. The van der Waals surface area contributed by atoms with E-state index in [4.69, 9.17) is 0 Å². The second-order valence-electron chi connectivity index (χ2n) is 5.76. The van der Waals surface area contributed by atoms with Crippen molar-refractivity contribution in [3.63, 3.8) is 0 Å². The summed E-state index contributed by atoms with van der Waals surface area (Å²) in [6.45, 7) is 2.91. The zero-order valence-corrected chi connectivity index (χ0v) is 14.0. The summed E-state index contributed by atoms with van der Waals surface area (Å²) in [5.74, 6) is -0.0328. The highest BCUT2D eigenvalue weighted by Crippen LogP contribution is 2.27. The summed E-state index contributed by atoms with van der Waals surface area (Å²) >= 11 is 1.77. The van der Waals surface area contributed by atoms with E-state index in [1.54, 1.807) is 17.4 Å². The normalized spacial score (nSPS) is 16.7. The number of carbonyl (C=O) groups excluding carboxylic acids is 1. The van der Waals surface area contributed by atoms with Crippen molar-refractivity contribution in [2.75, 3.05) is 19.6 Å². The van der Waals surface area contributed by atoms with Crippen molar-refractivity contribution in [3.8, 4) is 0 Å². The number of likely N-dealkylation sites (tertiary alicyclic amines) is 1. The fourth-order valence-corrected chi connectivity index (χ4v) is 3.80. The van der Waals surface area contributed by atoms with Gasteiger partial charge < -0.3 is 5.32 Å². The molecule has 0 radical (unpaired) electrons. The van der Waals surface area contributed by atoms with E-state index >= 15 is 0 Å². The van der Waals surface area contributed by atoms with E-state index in [2.05, 4.69) is 27.7 Å². The Kier molecular flexibility index (Phi) is 5.61. The Bertz CT molecular complexity index is 631. The quantitative estimate of drug-likeness (QED) is 0.821. The zero-order valence-electron chi connectivity index (χ0n) is 13.2. The number of nitrogens with zero attached hydrogens (tertiary/aromatic N) is 1. The van der Waals surface area contributed by atoms with Crippen LogP contribution in [0.25, 0.3) is 6.08 Å². The smallest absolute Gasteiger partial charge is 0.244 e. The molecule has 23 heavy (non-hydrogen) atoms. The molecule has 120 valence electrons. The second kappa shape index (κ2) is 8.09. The van der Waals surface area contributed by atoms with Gasteiger partial charge in [0.25, 0.3) is 0 Å². The number of hydrogen-bond donors (Lipinski definition) is 1. The highest BCUT2D eigenvalue weighted by Gasteiger charge is 2.24. The fourth-order valence-electron chi connectivity index (χ4n) is 2.94. The standard InChI is InChI=1S/C19H22N2OS/c22-19(11-10-16-7-2-1-3-8-16)20-15-17(18-9-6-14-23-18)21-12-4-5-13-21/h1-3,6-11,14,17H,4-5,12-13,15H2,(H,20,22)/b11-10+. The Hall–Kier alpha value is -1.91. The van der Waals surface area contributed by atoms with Crippen LogP contribution in [0.3, 0.4) is 0 Å². The summed E-state index contributed by atoms with van der Waals surface area (Å²) in [7, 11) is 0. The predicted molar refractivity (Wildman–Crippen MR) is 96.4 cm³/mol. The van der Waals surface area contributed by atoms with Gasteiger partial charge in [-0.05, 0) is 49.0 Å². The van der Waals surface area contributed by atoms with Crippen LogP contribution in [0.2, 0.25) is 0 Å². The molecule has 1 atom stereocenters. The lowest BCUT2D eigenvalue weighted by atomic mass is 10.2. The van der Waals surface area contributed by atoms with Crippen molar-refractivity contribution in [1.29, 1.82) is 0 Å². The summed E-state index contributed by atoms with van der Waals surface area (Å²) in [5, 5.41) is 5.16. The van der Waals surface area contributed by atoms with E-state index in [1.165, 1.54) is 17.7 Å². The molecule has 1 aliphatic rings. The number of rotatable bonds is 6. The lowest BCUT2D eigenvalue weighted by Crippen LogP contribution is -2.35. The first kappa shape index (κ1) is 16.0. The maximum Gasteiger partial charge on any atom is 0.244 e. The van der Waals surface area contributed by atoms with Gasteiger partial charge in [-0.25, -0.2) is 0 Å². The topological polar surface area (TPSA) is 32.3 Å². The van der Waals surface area contributed by atoms with Gasteiger partial charge in [-0.1, -0.05) is 36.4 Å². The molecule has 1 N–H and O–H groups in total. The van der Waals surface area contributed by atoms with Crippen LogP contribution in [0.5, 0.6) is 0 Å². The highest BCUT2D eigenvalue weighted by molar-refractivity contribution is 7.10. The number of carbonyl (C=O) groups is 1. The van der Waals surface area contributed by atoms with Crippen LogP contribution in [0.4, 0.5) is 0 Å². The summed E-state index contributed by atoms with van der Waals surface area (Å²) in [4.78, 5) is 15.9. The molecule has 1 aromatic heterocycles. The molecular formula is C19H22N2OS. The Balaban J connectivity index is 1.58. The second-order valence-corrected chi connectivity index (χ2v) is 6.74. The third-order valence-electron chi connectivity index (χ3n) is 4.15. The first-order chi connectivity index (χ1) is 11.3. The van der Waals surface area contributed by atoms with Crippen molar-refractivity contribution in [1.82, 2.24) is 10.2 Å². The molecule has 1 fully saturated rings. The molecular weight excluding hydrogens is 304 g/mol. The monoisotopic (exact) mass is 326 g/mol. The van der Waals surface area contributed by atoms with Crippen molar-refractivity contribution in [2.45, 2.75) is 18.9 Å². The van der Waals surface area contributed by atoms with E-state index in [0.717, 1.165) is 18.7 Å². The van der Waals surface area contributed by atoms with Crippen LogP contribution in [-0.4, -0.2) is 30.4 Å². The zero-order chi connectivity index (χ0) is 15.9. The minimum atomic E-state index is -0.0328. The van der Waals surface area contributed by atoms with Gasteiger partial charge in [-0.15, -0.1) is 11.3 Å². The van der Waals surface area contributed by atoms with Gasteiger partial charge in [-0.3, -0.25) is 9.69 Å². The largest absolute Gasteiger partial charge is 0.351 e. The molecule has 1 amide bonds. The van der Waals surface area contributed by atoms with Crippen LogP contribution in [0.1, 0.15) is 29.3 Å². The first-order valence-corrected chi connectivity index (χ1v) is 8.99. The van der Waals surface area contributed by atoms with Crippen molar-refractivity contribution >= 4 is 23.3 Å². The molecule has 0 bridgehead atoms. The summed E-state index contributed by atoms with van der Waals surface area (Å²) in [5.41, 5.74) is 1.04. The maximum atomic E-state index is 12.1. The molecule has 0 spiro atoms. The maximum absolute atomic E-state index is 12.1. The molecule has 4 heteroatoms. The van der Waals surface area contributed by atoms with E-state index in [1.807, 2.05) is 36.4 Å². The highest BCUT2D eigenvalue weighted by atomic mass is 32.1. The number of nitrogens with one attached hydrogen (secondary N) is 1. The van der Waals surface area contributed by atoms with Crippen LogP contribution < -0.4 is 5.32 Å². The first-order valence-electron chi connectivity index (χ1n) is 8.11. The summed E-state index contributed by atoms with van der Waals surface area (Å²) in [6.07, 6.45) is 5.98. The molecule has 3 nitrogen and oxygen atoms in total. The van der Waals surface area contributed by atoms with Gasteiger partial charge in [0.2, 0.25) is 5.91 Å². The van der Waals surface area contributed by atoms with Crippen LogP contribution in [0, 0.1) is 0 Å². The summed E-state index contributed by atoms with van der Waals surface area (Å²) in [6, 6.07) is 14.4. The lowest BCUT2D eigenvalue weighted by Gasteiger charge is -2.26. The van der Waals surface area contributed by atoms with E-state index in [0.29, 0.717) is 12.6 Å². The predicted octanol–water partition coefficient (Wildman–Crippen LogP) is 3.71. The van der Waals surface area contributed by atoms with Crippen molar-refractivity contribution < 1.29 is 4.79 Å². The minimum Gasteiger partial charge on any atom is -0.351 e. The molecule has 2 aromatic rings. The molecule has 3 rings (SSSR count). The Morgan fingerprint density at radius 1 is 1.17 bits per heavy atom. The third kappa shape index (κ3) is 4.53. The Morgan fingerprint density at radius 3 is 2.65 bits per heavy atom. The van der Waals surface area contributed by atoms with Crippen LogP contribution >= 0.6 is 11.3 Å². The molecule has 1 unspecified atom stereocenters. The lowest BCUT2D eigenvalue weighted by molar-refractivity contribution is -0.116. The third-order valence-corrected chi connectivity index (χ3v) is 5.12. The SMILES string of the molecule is O=C(/C=C/c1ccccc1)NCC(c1cccs1)N1CCCC1. The van der Waals surface area contributed by atoms with Crippen molar-refractivity contribution in [3.05, 3.63) is 64.4 Å². The van der Waals surface area contributed by atoms with Crippen molar-refractivity contribution in [2.24, 2.45) is 0 Å². The van der Waals surface area contributed by atoms with Gasteiger partial charge in [-0.2, -0.15) is 0 Å². The fraction of sp³-hybridized carbons (Fsp3) is 0.316. The van der Waals surface area contributed by atoms with E-state index in [-0.39, 0.29) is 5.91 Å². The molecule has 1 aromatic carbocycles. The van der Waals surface area contributed by atoms with Gasteiger partial charge in [0.1, 0.15) is 0 Å². The molecule has 0 aliphatic carbocycles. The average molecular weight is 326 g/mol. The molecule has 2 heterocycles. The number of amides is 1. The van der Waals surface area contributed by atoms with E-state index < -0.39 is 0 Å². The van der Waals surface area contributed by atoms with Gasteiger partial charge in [0.05, 0.1) is 6.04 Å². The van der Waals surface area contributed by atoms with E-state index in [9.17, 15) is 4.79 Å². The number of benzene rings is 1. The minimum absolute atomic E-state index is 0.0328.